The maximum atomic E-state index is 12.5. The summed E-state index contributed by atoms with van der Waals surface area (Å²) < 4.78 is 5.27. The van der Waals surface area contributed by atoms with Gasteiger partial charge in [0.25, 0.3) is 0 Å². The van der Waals surface area contributed by atoms with Gasteiger partial charge in [-0.05, 0) is 25.0 Å². The topological polar surface area (TPSA) is 71.3 Å². The van der Waals surface area contributed by atoms with Crippen molar-refractivity contribution in [2.45, 2.75) is 19.4 Å². The van der Waals surface area contributed by atoms with E-state index in [9.17, 15) is 4.79 Å². The van der Waals surface area contributed by atoms with Gasteiger partial charge in [-0.3, -0.25) is 4.79 Å². The van der Waals surface area contributed by atoms with Gasteiger partial charge in [-0.25, -0.2) is 9.97 Å². The maximum Gasteiger partial charge on any atom is 0.225 e. The van der Waals surface area contributed by atoms with Gasteiger partial charge in [0.2, 0.25) is 5.91 Å². The second kappa shape index (κ2) is 8.03. The Bertz CT molecular complexity index is 880. The molecule has 1 N–H and O–H groups in total. The van der Waals surface area contributed by atoms with E-state index in [0.717, 1.165) is 42.2 Å². The lowest BCUT2D eigenvalue weighted by Crippen LogP contribution is -2.43. The van der Waals surface area contributed by atoms with Crippen molar-refractivity contribution in [3.63, 3.8) is 0 Å². The van der Waals surface area contributed by atoms with E-state index in [-0.39, 0.29) is 11.8 Å². The zero-order valence-electron chi connectivity index (χ0n) is 15.0. The van der Waals surface area contributed by atoms with E-state index < -0.39 is 0 Å². The minimum absolute atomic E-state index is 0.0520. The maximum absolute atomic E-state index is 12.5. The van der Waals surface area contributed by atoms with E-state index in [1.54, 1.807) is 12.6 Å². The standard InChI is InChI=1S/C21H22N4O2/c26-21(22-13-18-9-5-11-27-18)17-8-4-10-25(14-17)20-12-19(23-15-24-20)16-6-2-1-3-7-16/h1-3,5-7,9,11-12,15,17H,4,8,10,13-14H2,(H,22,26). The third kappa shape index (κ3) is 4.16. The smallest absolute Gasteiger partial charge is 0.225 e. The number of piperidine rings is 1. The first-order valence-electron chi connectivity index (χ1n) is 9.22. The number of aromatic nitrogens is 2. The molecule has 1 aromatic carbocycles. The van der Waals surface area contributed by atoms with Gasteiger partial charge in [-0.1, -0.05) is 30.3 Å². The van der Waals surface area contributed by atoms with Gasteiger partial charge in [0.1, 0.15) is 17.9 Å². The molecule has 6 nitrogen and oxygen atoms in total. The minimum atomic E-state index is -0.0520. The molecule has 27 heavy (non-hydrogen) atoms. The highest BCUT2D eigenvalue weighted by Crippen LogP contribution is 2.25. The molecular weight excluding hydrogens is 340 g/mol. The molecule has 1 aliphatic rings. The zero-order valence-corrected chi connectivity index (χ0v) is 15.0. The molecule has 0 spiro atoms. The van der Waals surface area contributed by atoms with Crippen LogP contribution in [0.3, 0.4) is 0 Å². The summed E-state index contributed by atoms with van der Waals surface area (Å²) in [5.41, 5.74) is 1.95. The molecule has 1 aliphatic heterocycles. The van der Waals surface area contributed by atoms with E-state index in [1.807, 2.05) is 48.5 Å². The Labute approximate surface area is 158 Å². The third-order valence-corrected chi connectivity index (χ3v) is 4.86. The number of rotatable bonds is 5. The number of carbonyl (C=O) groups excluding carboxylic acids is 1. The van der Waals surface area contributed by atoms with Crippen molar-refractivity contribution in [3.8, 4) is 11.3 Å². The Kier molecular flexibility index (Phi) is 5.14. The predicted octanol–water partition coefficient (Wildman–Crippen LogP) is 3.27. The van der Waals surface area contributed by atoms with Gasteiger partial charge >= 0.3 is 0 Å². The van der Waals surface area contributed by atoms with Gasteiger partial charge in [-0.15, -0.1) is 0 Å². The molecule has 4 rings (SSSR count). The molecule has 0 bridgehead atoms. The van der Waals surface area contributed by atoms with Crippen molar-refractivity contribution in [2.75, 3.05) is 18.0 Å². The molecule has 6 heteroatoms. The number of hydrogen-bond donors (Lipinski definition) is 1. The van der Waals surface area contributed by atoms with E-state index >= 15 is 0 Å². The average molecular weight is 362 g/mol. The molecular formula is C21H22N4O2. The van der Waals surface area contributed by atoms with Crippen LogP contribution < -0.4 is 10.2 Å². The lowest BCUT2D eigenvalue weighted by molar-refractivity contribution is -0.125. The van der Waals surface area contributed by atoms with Crippen LogP contribution in [0.1, 0.15) is 18.6 Å². The molecule has 0 aliphatic carbocycles. The summed E-state index contributed by atoms with van der Waals surface area (Å²) in [5, 5.41) is 2.97. The van der Waals surface area contributed by atoms with Gasteiger partial charge in [0.15, 0.2) is 0 Å². The Balaban J connectivity index is 1.43. The van der Waals surface area contributed by atoms with Crippen LogP contribution in [0, 0.1) is 5.92 Å². The van der Waals surface area contributed by atoms with E-state index in [1.165, 1.54) is 0 Å². The zero-order chi connectivity index (χ0) is 18.5. The molecule has 0 saturated carbocycles. The summed E-state index contributed by atoms with van der Waals surface area (Å²) in [4.78, 5) is 23.5. The molecule has 1 amide bonds. The Hall–Kier alpha value is -3.15. The van der Waals surface area contributed by atoms with Gasteiger partial charge in [0, 0.05) is 24.7 Å². The lowest BCUT2D eigenvalue weighted by Gasteiger charge is -2.32. The number of benzene rings is 1. The highest BCUT2D eigenvalue weighted by Gasteiger charge is 2.26. The van der Waals surface area contributed by atoms with E-state index in [4.69, 9.17) is 4.42 Å². The molecule has 0 radical (unpaired) electrons. The summed E-state index contributed by atoms with van der Waals surface area (Å²) in [6.07, 6.45) is 5.06. The normalized spacial score (nSPS) is 16.9. The van der Waals surface area contributed by atoms with Crippen LogP contribution in [0.5, 0.6) is 0 Å². The molecule has 2 aromatic heterocycles. The number of nitrogens with one attached hydrogen (secondary N) is 1. The molecule has 138 valence electrons. The molecule has 1 saturated heterocycles. The fraction of sp³-hybridized carbons (Fsp3) is 0.286. The predicted molar refractivity (Wildman–Crippen MR) is 103 cm³/mol. The van der Waals surface area contributed by atoms with Crippen LogP contribution in [0.15, 0.2) is 65.5 Å². The average Bonchev–Trinajstić information content (AvgIpc) is 3.26. The quantitative estimate of drug-likeness (QED) is 0.754. The Morgan fingerprint density at radius 3 is 2.89 bits per heavy atom. The Morgan fingerprint density at radius 1 is 1.19 bits per heavy atom. The third-order valence-electron chi connectivity index (χ3n) is 4.86. The van der Waals surface area contributed by atoms with Gasteiger partial charge < -0.3 is 14.6 Å². The first-order valence-corrected chi connectivity index (χ1v) is 9.22. The summed E-state index contributed by atoms with van der Waals surface area (Å²) in [6, 6.07) is 15.7. The second-order valence-corrected chi connectivity index (χ2v) is 6.71. The lowest BCUT2D eigenvalue weighted by atomic mass is 9.97. The Morgan fingerprint density at radius 2 is 2.07 bits per heavy atom. The van der Waals surface area contributed by atoms with Crippen LogP contribution in [-0.2, 0) is 11.3 Å². The number of carbonyl (C=O) groups is 1. The van der Waals surface area contributed by atoms with Crippen LogP contribution in [0.2, 0.25) is 0 Å². The van der Waals surface area contributed by atoms with Crippen molar-refractivity contribution >= 4 is 11.7 Å². The highest BCUT2D eigenvalue weighted by atomic mass is 16.3. The summed E-state index contributed by atoms with van der Waals surface area (Å²) >= 11 is 0. The number of hydrogen-bond acceptors (Lipinski definition) is 5. The summed E-state index contributed by atoms with van der Waals surface area (Å²) in [7, 11) is 0. The van der Waals surface area contributed by atoms with Crippen molar-refractivity contribution in [1.82, 2.24) is 15.3 Å². The monoisotopic (exact) mass is 362 g/mol. The number of amides is 1. The second-order valence-electron chi connectivity index (χ2n) is 6.71. The fourth-order valence-corrected chi connectivity index (χ4v) is 3.42. The number of furan rings is 1. The number of anilines is 1. The minimum Gasteiger partial charge on any atom is -0.467 e. The molecule has 3 aromatic rings. The van der Waals surface area contributed by atoms with Crippen molar-refractivity contribution in [1.29, 1.82) is 0 Å². The van der Waals surface area contributed by atoms with Gasteiger partial charge in [0.05, 0.1) is 24.4 Å². The van der Waals surface area contributed by atoms with Crippen molar-refractivity contribution in [2.24, 2.45) is 5.92 Å². The fourth-order valence-electron chi connectivity index (χ4n) is 3.42. The summed E-state index contributed by atoms with van der Waals surface area (Å²) in [6.45, 7) is 1.98. The SMILES string of the molecule is O=C(NCc1ccco1)C1CCCN(c2cc(-c3ccccc3)ncn2)C1. The van der Waals surface area contributed by atoms with Crippen molar-refractivity contribution in [3.05, 3.63) is 66.9 Å². The molecule has 1 atom stereocenters. The first-order chi connectivity index (χ1) is 13.3. The molecule has 1 fully saturated rings. The molecule has 3 heterocycles. The van der Waals surface area contributed by atoms with Crippen LogP contribution in [0.25, 0.3) is 11.3 Å². The van der Waals surface area contributed by atoms with Crippen LogP contribution >= 0.6 is 0 Å². The van der Waals surface area contributed by atoms with Gasteiger partial charge in [-0.2, -0.15) is 0 Å². The first kappa shape index (κ1) is 17.3. The largest absolute Gasteiger partial charge is 0.467 e. The van der Waals surface area contributed by atoms with Crippen molar-refractivity contribution < 1.29 is 9.21 Å². The van der Waals surface area contributed by atoms with Crippen LogP contribution in [0.4, 0.5) is 5.82 Å². The molecule has 1 unspecified atom stereocenters. The van der Waals surface area contributed by atoms with E-state index in [2.05, 4.69) is 20.2 Å². The van der Waals surface area contributed by atoms with Crippen LogP contribution in [-0.4, -0.2) is 29.0 Å². The highest BCUT2D eigenvalue weighted by molar-refractivity contribution is 5.79. The summed E-state index contributed by atoms with van der Waals surface area (Å²) in [5.74, 6) is 1.64. The van der Waals surface area contributed by atoms with E-state index in [0.29, 0.717) is 13.1 Å². The number of nitrogens with zero attached hydrogens (tertiary/aromatic N) is 3.